The lowest BCUT2D eigenvalue weighted by atomic mass is 9.83. The van der Waals surface area contributed by atoms with E-state index in [0.717, 1.165) is 28.5 Å². The molecular weight excluding hydrogens is 429 g/mol. The fourth-order valence-corrected chi connectivity index (χ4v) is 4.18. The van der Waals surface area contributed by atoms with Crippen LogP contribution < -0.4 is 0 Å². The third-order valence-corrected chi connectivity index (χ3v) is 6.01. The first-order valence-corrected chi connectivity index (χ1v) is 11.0. The van der Waals surface area contributed by atoms with Crippen LogP contribution >= 0.6 is 0 Å². The van der Waals surface area contributed by atoms with Crippen LogP contribution in [0.15, 0.2) is 85.1 Å². The summed E-state index contributed by atoms with van der Waals surface area (Å²) in [4.78, 5) is 28.4. The molecule has 1 aromatic heterocycles. The highest BCUT2D eigenvalue weighted by Crippen LogP contribution is 2.33. The average molecular weight is 454 g/mol. The monoisotopic (exact) mass is 453 g/mol. The lowest BCUT2D eigenvalue weighted by Crippen LogP contribution is -2.11. The number of benzene rings is 3. The van der Waals surface area contributed by atoms with Crippen molar-refractivity contribution in [2.75, 3.05) is 0 Å². The second-order valence-corrected chi connectivity index (χ2v) is 8.34. The van der Waals surface area contributed by atoms with Gasteiger partial charge in [0, 0.05) is 35.4 Å². The minimum atomic E-state index is -1.17. The molecule has 0 spiro atoms. The number of Topliss-reactive ketones (excluding diaryl/α,β-unsaturated/α-hetero) is 1. The number of aryl methyl sites for hydroxylation is 2. The molecule has 5 heteroatoms. The van der Waals surface area contributed by atoms with Crippen molar-refractivity contribution < 1.29 is 19.1 Å². The van der Waals surface area contributed by atoms with E-state index in [2.05, 4.69) is 4.98 Å². The van der Waals surface area contributed by atoms with E-state index in [1.54, 1.807) is 30.5 Å². The smallest absolute Gasteiger partial charge is 0.335 e. The number of carboxylic acids is 1. The highest BCUT2D eigenvalue weighted by Gasteiger charge is 2.21. The summed E-state index contributed by atoms with van der Waals surface area (Å²) in [5.41, 5.74) is 5.38. The zero-order valence-corrected chi connectivity index (χ0v) is 19.0. The molecule has 1 unspecified atom stereocenters. The van der Waals surface area contributed by atoms with Gasteiger partial charge in [-0.05, 0) is 60.4 Å². The lowest BCUT2D eigenvalue weighted by Gasteiger charge is -2.20. The summed E-state index contributed by atoms with van der Waals surface area (Å²) < 4.78 is 14.6. The number of aromatic nitrogens is 1. The van der Waals surface area contributed by atoms with Gasteiger partial charge in [-0.15, -0.1) is 0 Å². The molecule has 0 aliphatic heterocycles. The minimum absolute atomic E-state index is 0.0260. The van der Waals surface area contributed by atoms with Gasteiger partial charge in [0.1, 0.15) is 5.82 Å². The van der Waals surface area contributed by atoms with Gasteiger partial charge in [0.2, 0.25) is 0 Å². The molecule has 0 aliphatic rings. The van der Waals surface area contributed by atoms with Crippen molar-refractivity contribution in [2.45, 2.75) is 26.2 Å². The predicted molar refractivity (Wildman–Crippen MR) is 130 cm³/mol. The van der Waals surface area contributed by atoms with Gasteiger partial charge in [-0.25, -0.2) is 9.18 Å². The molecule has 0 saturated carbocycles. The normalized spacial score (nSPS) is 11.7. The van der Waals surface area contributed by atoms with E-state index < -0.39 is 11.8 Å². The maximum absolute atomic E-state index is 14.6. The second-order valence-electron chi connectivity index (χ2n) is 8.34. The summed E-state index contributed by atoms with van der Waals surface area (Å²) in [6.07, 6.45) is 1.93. The van der Waals surface area contributed by atoms with Crippen LogP contribution in [-0.4, -0.2) is 21.8 Å². The van der Waals surface area contributed by atoms with Gasteiger partial charge in [0.25, 0.3) is 0 Å². The van der Waals surface area contributed by atoms with Crippen molar-refractivity contribution >= 4 is 11.8 Å². The van der Waals surface area contributed by atoms with Gasteiger partial charge < -0.3 is 5.11 Å². The zero-order chi connectivity index (χ0) is 24.2. The fraction of sp³-hybridized carbons (Fsp3) is 0.138. The Balaban J connectivity index is 1.69. The third-order valence-electron chi connectivity index (χ3n) is 6.01. The molecular formula is C29H24FNO3. The molecule has 4 rings (SSSR count). The third kappa shape index (κ3) is 4.94. The first-order valence-electron chi connectivity index (χ1n) is 11.0. The molecule has 1 heterocycles. The number of aromatic carboxylic acids is 1. The number of pyridine rings is 1. The van der Waals surface area contributed by atoms with Gasteiger partial charge in [0.05, 0.1) is 5.56 Å². The predicted octanol–water partition coefficient (Wildman–Crippen LogP) is 6.61. The van der Waals surface area contributed by atoms with Crippen molar-refractivity contribution in [3.8, 4) is 11.1 Å². The van der Waals surface area contributed by atoms with Crippen molar-refractivity contribution in [3.63, 3.8) is 0 Å². The largest absolute Gasteiger partial charge is 0.478 e. The Morgan fingerprint density at radius 2 is 1.65 bits per heavy atom. The average Bonchev–Trinajstić information content (AvgIpc) is 2.83. The maximum atomic E-state index is 14.6. The SMILES string of the molecule is Cc1cc(C(=O)CC(c2ccc(-c3ccc(C(=O)O)cc3F)cc2)c2ccccc2C)ccn1. The van der Waals surface area contributed by atoms with Crippen LogP contribution in [0.3, 0.4) is 0 Å². The summed E-state index contributed by atoms with van der Waals surface area (Å²) in [6.45, 7) is 3.88. The van der Waals surface area contributed by atoms with E-state index in [1.807, 2.05) is 50.2 Å². The molecule has 0 radical (unpaired) electrons. The standard InChI is InChI=1S/C29H24FNO3/c1-18-5-3-4-6-24(18)26(17-28(32)22-13-14-31-19(2)15-22)21-9-7-20(8-10-21)25-12-11-23(29(33)34)16-27(25)30/h3-16,26H,17H2,1-2H3,(H,33,34). The van der Waals surface area contributed by atoms with Gasteiger partial charge >= 0.3 is 5.97 Å². The molecule has 1 atom stereocenters. The Hall–Kier alpha value is -4.12. The Bertz CT molecular complexity index is 1360. The number of hydrogen-bond acceptors (Lipinski definition) is 3. The lowest BCUT2D eigenvalue weighted by molar-refractivity contribution is 0.0696. The number of carbonyl (C=O) groups is 2. The molecule has 4 nitrogen and oxygen atoms in total. The number of hydrogen-bond donors (Lipinski definition) is 1. The van der Waals surface area contributed by atoms with Crippen molar-refractivity contribution in [1.29, 1.82) is 0 Å². The Morgan fingerprint density at radius 1 is 0.912 bits per heavy atom. The summed E-state index contributed by atoms with van der Waals surface area (Å²) in [5.74, 6) is -1.91. The van der Waals surface area contributed by atoms with Gasteiger partial charge in [-0.2, -0.15) is 0 Å². The van der Waals surface area contributed by atoms with Crippen LogP contribution in [-0.2, 0) is 0 Å². The molecule has 0 fully saturated rings. The summed E-state index contributed by atoms with van der Waals surface area (Å²) in [5, 5.41) is 9.07. The van der Waals surface area contributed by atoms with Crippen LogP contribution in [0.5, 0.6) is 0 Å². The highest BCUT2D eigenvalue weighted by atomic mass is 19.1. The maximum Gasteiger partial charge on any atom is 0.335 e. The number of carbonyl (C=O) groups excluding carboxylic acids is 1. The topological polar surface area (TPSA) is 67.3 Å². The van der Waals surface area contributed by atoms with Crippen LogP contribution in [0.2, 0.25) is 0 Å². The zero-order valence-electron chi connectivity index (χ0n) is 19.0. The van der Waals surface area contributed by atoms with E-state index in [9.17, 15) is 14.0 Å². The van der Waals surface area contributed by atoms with Crippen LogP contribution in [0, 0.1) is 19.7 Å². The van der Waals surface area contributed by atoms with E-state index >= 15 is 0 Å². The molecule has 1 N–H and O–H groups in total. The van der Waals surface area contributed by atoms with Crippen molar-refractivity contribution in [3.05, 3.63) is 124 Å². The number of carboxylic acid groups (broad SMARTS) is 1. The fourth-order valence-electron chi connectivity index (χ4n) is 4.18. The molecule has 0 bridgehead atoms. The van der Waals surface area contributed by atoms with Crippen molar-refractivity contribution in [2.24, 2.45) is 0 Å². The minimum Gasteiger partial charge on any atom is -0.478 e. The van der Waals surface area contributed by atoms with Crippen LogP contribution in [0.25, 0.3) is 11.1 Å². The van der Waals surface area contributed by atoms with Crippen LogP contribution in [0.4, 0.5) is 4.39 Å². The van der Waals surface area contributed by atoms with Gasteiger partial charge in [0.15, 0.2) is 5.78 Å². The molecule has 4 aromatic rings. The molecule has 0 amide bonds. The van der Waals surface area contributed by atoms with E-state index in [-0.39, 0.29) is 23.7 Å². The Labute approximate surface area is 197 Å². The number of rotatable bonds is 7. The van der Waals surface area contributed by atoms with Gasteiger partial charge in [-0.3, -0.25) is 9.78 Å². The number of nitrogens with zero attached hydrogens (tertiary/aromatic N) is 1. The quantitative estimate of drug-likeness (QED) is 0.320. The number of ketones is 1. The molecule has 34 heavy (non-hydrogen) atoms. The van der Waals surface area contributed by atoms with E-state index in [0.29, 0.717) is 16.7 Å². The van der Waals surface area contributed by atoms with Crippen molar-refractivity contribution in [1.82, 2.24) is 4.98 Å². The first-order chi connectivity index (χ1) is 16.3. The summed E-state index contributed by atoms with van der Waals surface area (Å²) in [7, 11) is 0. The van der Waals surface area contributed by atoms with E-state index in [1.165, 1.54) is 12.1 Å². The second kappa shape index (κ2) is 9.79. The van der Waals surface area contributed by atoms with Crippen LogP contribution in [0.1, 0.15) is 55.4 Å². The first kappa shape index (κ1) is 23.1. The number of halogens is 1. The van der Waals surface area contributed by atoms with Gasteiger partial charge in [-0.1, -0.05) is 54.6 Å². The summed E-state index contributed by atoms with van der Waals surface area (Å²) in [6, 6.07) is 22.8. The summed E-state index contributed by atoms with van der Waals surface area (Å²) >= 11 is 0. The Morgan fingerprint density at radius 3 is 2.29 bits per heavy atom. The molecule has 0 aliphatic carbocycles. The van der Waals surface area contributed by atoms with E-state index in [4.69, 9.17) is 5.11 Å². The molecule has 0 saturated heterocycles. The highest BCUT2D eigenvalue weighted by molar-refractivity contribution is 5.97. The Kier molecular flexibility index (Phi) is 6.64. The molecule has 170 valence electrons. The molecule has 3 aromatic carbocycles.